The first kappa shape index (κ1) is 13.7. The highest BCUT2D eigenvalue weighted by Crippen LogP contribution is 2.22. The number of hydrogen-bond donors (Lipinski definition) is 0. The highest BCUT2D eigenvalue weighted by molar-refractivity contribution is 5.80. The van der Waals surface area contributed by atoms with Crippen LogP contribution < -0.4 is 0 Å². The van der Waals surface area contributed by atoms with Gasteiger partial charge in [0.1, 0.15) is 0 Å². The molecule has 82 valence electrons. The summed E-state index contributed by atoms with van der Waals surface area (Å²) in [5, 5.41) is 0. The number of allylic oxidation sites excluding steroid dienone is 2. The molecule has 0 nitrogen and oxygen atoms in total. The van der Waals surface area contributed by atoms with Crippen LogP contribution in [0.2, 0.25) is 0 Å². The maximum Gasteiger partial charge on any atom is 0.316 e. The van der Waals surface area contributed by atoms with Gasteiger partial charge in [-0.15, -0.1) is 0 Å². The fourth-order valence-electron chi connectivity index (χ4n) is 1.71. The van der Waals surface area contributed by atoms with E-state index in [0.717, 1.165) is 0 Å². The van der Waals surface area contributed by atoms with Crippen molar-refractivity contribution in [2.24, 2.45) is 0 Å². The van der Waals surface area contributed by atoms with Crippen LogP contribution in [-0.2, 0) is 0 Å². The van der Waals surface area contributed by atoms with Gasteiger partial charge in [-0.2, -0.15) is 0 Å². The molecule has 0 bridgehead atoms. The van der Waals surface area contributed by atoms with Crippen LogP contribution in [0.15, 0.2) is 79.4 Å². The van der Waals surface area contributed by atoms with E-state index in [4.69, 9.17) is 0 Å². The fraction of sp³-hybridized carbons (Fsp3) is 0. The van der Waals surface area contributed by atoms with Crippen molar-refractivity contribution in [1.29, 1.82) is 0 Å². The van der Waals surface area contributed by atoms with Gasteiger partial charge in [-0.1, -0.05) is 79.4 Å². The van der Waals surface area contributed by atoms with Crippen molar-refractivity contribution in [2.75, 3.05) is 0 Å². The molecule has 17 heavy (non-hydrogen) atoms. The second-order valence-electron chi connectivity index (χ2n) is 3.55. The molecule has 0 N–H and O–H groups in total. The molecule has 2 rings (SSSR count). The van der Waals surface area contributed by atoms with E-state index in [9.17, 15) is 0 Å². The lowest BCUT2D eigenvalue weighted by Crippen LogP contribution is -1.86. The third kappa shape index (κ3) is 3.58. The van der Waals surface area contributed by atoms with Crippen LogP contribution in [0.5, 0.6) is 0 Å². The molecule has 2 aromatic rings. The number of hydrogen-bond acceptors (Lipinski definition) is 0. The predicted octanol–water partition coefficient (Wildman–Crippen LogP) is 3.39. The smallest absolute Gasteiger partial charge is 0.0990 e. The zero-order valence-electron chi connectivity index (χ0n) is 9.14. The largest absolute Gasteiger partial charge is 0.316 e. The first-order valence-electron chi connectivity index (χ1n) is 5.35. The van der Waals surface area contributed by atoms with Crippen molar-refractivity contribution in [2.45, 2.75) is 0 Å². The second kappa shape index (κ2) is 7.10. The number of rotatable bonds is 3. The summed E-state index contributed by atoms with van der Waals surface area (Å²) in [6, 6.07) is 20.7. The quantitative estimate of drug-likeness (QED) is 0.562. The summed E-state index contributed by atoms with van der Waals surface area (Å²) in [5.74, 6) is 0. The average molecular weight is 233 g/mol. The Balaban J connectivity index is 0.00000144. The Morgan fingerprint density at radius 2 is 1.18 bits per heavy atom. The van der Waals surface area contributed by atoms with Gasteiger partial charge in [-0.25, -0.2) is 0 Å². The minimum atomic E-state index is 0. The van der Waals surface area contributed by atoms with Gasteiger partial charge in [-0.3, -0.25) is 0 Å². The normalized spacial score (nSPS) is 8.94. The molecule has 0 spiro atoms. The molecule has 0 unspecified atom stereocenters. The van der Waals surface area contributed by atoms with Crippen molar-refractivity contribution in [3.63, 3.8) is 0 Å². The summed E-state index contributed by atoms with van der Waals surface area (Å²) in [7, 11) is 0. The Morgan fingerprint density at radius 1 is 0.765 bits per heavy atom. The summed E-state index contributed by atoms with van der Waals surface area (Å²) in [4.78, 5) is 0. The SMILES string of the molecule is C=CC=C(c1ccccc1)c1ccccc1.[MgH2]. The van der Waals surface area contributed by atoms with E-state index in [-0.39, 0.29) is 23.1 Å². The molecule has 0 amide bonds. The molecule has 0 heterocycles. The monoisotopic (exact) mass is 232 g/mol. The van der Waals surface area contributed by atoms with E-state index in [1.54, 1.807) is 0 Å². The van der Waals surface area contributed by atoms with Crippen LogP contribution in [0.1, 0.15) is 11.1 Å². The van der Waals surface area contributed by atoms with E-state index in [1.165, 1.54) is 16.7 Å². The second-order valence-corrected chi connectivity index (χ2v) is 3.55. The molecule has 0 aromatic heterocycles. The lowest BCUT2D eigenvalue weighted by atomic mass is 9.98. The molecule has 0 saturated carbocycles. The topological polar surface area (TPSA) is 0 Å². The van der Waals surface area contributed by atoms with Crippen molar-refractivity contribution in [1.82, 2.24) is 0 Å². The zero-order valence-corrected chi connectivity index (χ0v) is 9.14. The van der Waals surface area contributed by atoms with Crippen LogP contribution in [0.25, 0.3) is 5.57 Å². The lowest BCUT2D eigenvalue weighted by molar-refractivity contribution is 1.55. The predicted molar refractivity (Wildman–Crippen MR) is 78.7 cm³/mol. The number of benzene rings is 2. The maximum absolute atomic E-state index is 3.78. The van der Waals surface area contributed by atoms with Gasteiger partial charge < -0.3 is 0 Å². The first-order chi connectivity index (χ1) is 7.92. The standard InChI is InChI=1S/C16H14.Mg.2H/c1-2-9-16(14-10-5-3-6-11-14)15-12-7-4-8-13-15;;;/h2-13H,1H2;;;. The van der Waals surface area contributed by atoms with Gasteiger partial charge >= 0.3 is 23.1 Å². The lowest BCUT2D eigenvalue weighted by Gasteiger charge is -2.07. The third-order valence-corrected chi connectivity index (χ3v) is 2.45. The van der Waals surface area contributed by atoms with E-state index >= 15 is 0 Å². The van der Waals surface area contributed by atoms with E-state index < -0.39 is 0 Å². The fourth-order valence-corrected chi connectivity index (χ4v) is 1.71. The summed E-state index contributed by atoms with van der Waals surface area (Å²) in [6.07, 6.45) is 3.88. The van der Waals surface area contributed by atoms with E-state index in [2.05, 4.69) is 55.1 Å². The van der Waals surface area contributed by atoms with Crippen molar-refractivity contribution >= 4 is 28.6 Å². The molecule has 0 fully saturated rings. The van der Waals surface area contributed by atoms with Gasteiger partial charge in [0.15, 0.2) is 0 Å². The highest BCUT2D eigenvalue weighted by Gasteiger charge is 2.01. The van der Waals surface area contributed by atoms with Crippen LogP contribution in [0.3, 0.4) is 0 Å². The maximum atomic E-state index is 3.78. The zero-order chi connectivity index (χ0) is 11.2. The van der Waals surface area contributed by atoms with E-state index in [1.807, 2.05) is 24.3 Å². The average Bonchev–Trinajstić information content (AvgIpc) is 2.38. The molecule has 0 saturated heterocycles. The molecular formula is C16H16Mg. The van der Waals surface area contributed by atoms with Gasteiger partial charge in [0.05, 0.1) is 0 Å². The van der Waals surface area contributed by atoms with E-state index in [0.29, 0.717) is 0 Å². The van der Waals surface area contributed by atoms with Crippen LogP contribution in [-0.4, -0.2) is 23.1 Å². The van der Waals surface area contributed by atoms with Gasteiger partial charge in [0.25, 0.3) is 0 Å². The molecule has 2 aromatic carbocycles. The Morgan fingerprint density at radius 3 is 1.53 bits per heavy atom. The molecular weight excluding hydrogens is 216 g/mol. The Kier molecular flexibility index (Phi) is 5.74. The molecule has 1 heteroatoms. The van der Waals surface area contributed by atoms with Gasteiger partial charge in [0.2, 0.25) is 0 Å². The van der Waals surface area contributed by atoms with Crippen LogP contribution in [0.4, 0.5) is 0 Å². The third-order valence-electron chi connectivity index (χ3n) is 2.45. The Labute approximate surface area is 119 Å². The van der Waals surface area contributed by atoms with Crippen molar-refractivity contribution in [3.05, 3.63) is 90.5 Å². The highest BCUT2D eigenvalue weighted by atomic mass is 24.3. The van der Waals surface area contributed by atoms with Crippen molar-refractivity contribution in [3.8, 4) is 0 Å². The van der Waals surface area contributed by atoms with Gasteiger partial charge in [-0.05, 0) is 16.7 Å². The minimum Gasteiger partial charge on any atom is -0.0990 e. The molecule has 0 radical (unpaired) electrons. The summed E-state index contributed by atoms with van der Waals surface area (Å²) < 4.78 is 0. The van der Waals surface area contributed by atoms with Crippen molar-refractivity contribution < 1.29 is 0 Å². The molecule has 0 aliphatic rings. The van der Waals surface area contributed by atoms with Gasteiger partial charge in [0, 0.05) is 0 Å². The Hall–Kier alpha value is -1.31. The molecule has 0 aliphatic carbocycles. The van der Waals surface area contributed by atoms with Crippen LogP contribution >= 0.6 is 0 Å². The minimum absolute atomic E-state index is 0. The molecule has 0 aliphatic heterocycles. The van der Waals surface area contributed by atoms with Crippen LogP contribution in [0, 0.1) is 0 Å². The first-order valence-corrected chi connectivity index (χ1v) is 5.35. The summed E-state index contributed by atoms with van der Waals surface area (Å²) in [6.45, 7) is 3.78. The Bertz CT molecular complexity index is 442. The molecule has 0 atom stereocenters. The summed E-state index contributed by atoms with van der Waals surface area (Å²) >= 11 is 0. The summed E-state index contributed by atoms with van der Waals surface area (Å²) in [5.41, 5.74) is 3.64.